The van der Waals surface area contributed by atoms with E-state index < -0.39 is 0 Å². The minimum atomic E-state index is -0.363. The number of hydrogen-bond acceptors (Lipinski definition) is 5. The average molecular weight is 498 g/mol. The summed E-state index contributed by atoms with van der Waals surface area (Å²) in [4.78, 5) is 25.4. The zero-order valence-electron chi connectivity index (χ0n) is 19.4. The molecule has 0 saturated heterocycles. The summed E-state index contributed by atoms with van der Waals surface area (Å²) in [6, 6.07) is 14.1. The quantitative estimate of drug-likeness (QED) is 0.293. The van der Waals surface area contributed by atoms with E-state index in [2.05, 4.69) is 27.4 Å². The highest BCUT2D eigenvalue weighted by Gasteiger charge is 2.26. The van der Waals surface area contributed by atoms with Crippen LogP contribution in [0.5, 0.6) is 0 Å². The zero-order valence-corrected chi connectivity index (χ0v) is 21.0. The van der Waals surface area contributed by atoms with Crippen LogP contribution in [0.2, 0.25) is 5.02 Å². The number of carbonyl (C=O) groups is 2. The van der Waals surface area contributed by atoms with Gasteiger partial charge in [-0.05, 0) is 42.7 Å². The second-order valence-electron chi connectivity index (χ2n) is 8.05. The number of nitrogens with zero attached hydrogens (tertiary/aromatic N) is 3. The van der Waals surface area contributed by atoms with Crippen LogP contribution in [0.3, 0.4) is 0 Å². The fraction of sp³-hybridized carbons (Fsp3) is 0.280. The lowest BCUT2D eigenvalue weighted by Crippen LogP contribution is -2.33. The number of amides is 2. The number of aromatic nitrogens is 3. The summed E-state index contributed by atoms with van der Waals surface area (Å²) < 4.78 is 1.88. The van der Waals surface area contributed by atoms with Gasteiger partial charge in [-0.3, -0.25) is 9.59 Å². The number of benzene rings is 2. The van der Waals surface area contributed by atoms with Gasteiger partial charge in [0.25, 0.3) is 5.91 Å². The van der Waals surface area contributed by atoms with Gasteiger partial charge in [-0.2, -0.15) is 0 Å². The number of rotatable bonds is 10. The highest BCUT2D eigenvalue weighted by molar-refractivity contribution is 7.99. The summed E-state index contributed by atoms with van der Waals surface area (Å²) in [5.41, 5.74) is 2.06. The third-order valence-electron chi connectivity index (χ3n) is 5.20. The van der Waals surface area contributed by atoms with E-state index in [9.17, 15) is 9.59 Å². The third-order valence-corrected chi connectivity index (χ3v) is 6.57. The first-order chi connectivity index (χ1) is 16.3. The molecule has 3 aromatic rings. The van der Waals surface area contributed by atoms with Crippen molar-refractivity contribution >= 4 is 40.9 Å². The van der Waals surface area contributed by atoms with Crippen LogP contribution in [-0.4, -0.2) is 32.3 Å². The van der Waals surface area contributed by atoms with Crippen molar-refractivity contribution in [2.24, 2.45) is 5.92 Å². The first kappa shape index (κ1) is 25.5. The van der Waals surface area contributed by atoms with Gasteiger partial charge in [0.1, 0.15) is 0 Å². The highest BCUT2D eigenvalue weighted by atomic mass is 35.5. The van der Waals surface area contributed by atoms with Crippen molar-refractivity contribution in [3.05, 3.63) is 83.2 Å². The van der Waals surface area contributed by atoms with E-state index >= 15 is 0 Å². The molecule has 2 aromatic carbocycles. The maximum atomic E-state index is 12.8. The molecule has 2 N–H and O–H groups in total. The van der Waals surface area contributed by atoms with Crippen molar-refractivity contribution in [1.29, 1.82) is 0 Å². The molecule has 7 nitrogen and oxygen atoms in total. The van der Waals surface area contributed by atoms with Crippen LogP contribution in [0.1, 0.15) is 41.6 Å². The van der Waals surface area contributed by atoms with E-state index in [1.54, 1.807) is 30.3 Å². The van der Waals surface area contributed by atoms with Crippen LogP contribution in [-0.2, 0) is 11.3 Å². The predicted molar refractivity (Wildman–Crippen MR) is 137 cm³/mol. The molecule has 1 atom stereocenters. The second-order valence-corrected chi connectivity index (χ2v) is 9.40. The minimum Gasteiger partial charge on any atom is -0.342 e. The van der Waals surface area contributed by atoms with Crippen molar-refractivity contribution in [1.82, 2.24) is 20.1 Å². The number of nitrogens with one attached hydrogen (secondary N) is 2. The van der Waals surface area contributed by atoms with Gasteiger partial charge in [-0.25, -0.2) is 0 Å². The monoisotopic (exact) mass is 497 g/mol. The third kappa shape index (κ3) is 6.27. The largest absolute Gasteiger partial charge is 0.342 e. The number of allylic oxidation sites excluding steroid dienone is 1. The van der Waals surface area contributed by atoms with Crippen molar-refractivity contribution in [3.63, 3.8) is 0 Å². The molecule has 9 heteroatoms. The molecule has 3 rings (SSSR count). The van der Waals surface area contributed by atoms with Crippen LogP contribution in [0.15, 0.2) is 66.3 Å². The maximum absolute atomic E-state index is 12.8. The summed E-state index contributed by atoms with van der Waals surface area (Å²) in [5.74, 6) is 0.463. The van der Waals surface area contributed by atoms with E-state index in [4.69, 9.17) is 11.6 Å². The molecule has 0 unspecified atom stereocenters. The number of anilines is 1. The first-order valence-corrected chi connectivity index (χ1v) is 12.3. The fourth-order valence-corrected chi connectivity index (χ4v) is 4.27. The van der Waals surface area contributed by atoms with E-state index in [0.29, 0.717) is 33.8 Å². The Labute approximate surface area is 209 Å². The Morgan fingerprint density at radius 1 is 1.15 bits per heavy atom. The van der Waals surface area contributed by atoms with E-state index in [-0.39, 0.29) is 29.5 Å². The molecule has 178 valence electrons. The Morgan fingerprint density at radius 3 is 2.56 bits per heavy atom. The van der Waals surface area contributed by atoms with Gasteiger partial charge in [-0.15, -0.1) is 16.8 Å². The molecule has 0 aliphatic rings. The number of thioether (sulfide) groups is 1. The Balaban J connectivity index is 1.75. The predicted octanol–water partition coefficient (Wildman–Crippen LogP) is 5.28. The van der Waals surface area contributed by atoms with E-state index in [0.717, 1.165) is 5.56 Å². The van der Waals surface area contributed by atoms with Gasteiger partial charge in [0.05, 0.1) is 11.8 Å². The smallest absolute Gasteiger partial charge is 0.251 e. The summed E-state index contributed by atoms with van der Waals surface area (Å²) in [7, 11) is 0. The van der Waals surface area contributed by atoms with Crippen LogP contribution in [0, 0.1) is 12.8 Å². The highest BCUT2D eigenvalue weighted by Crippen LogP contribution is 2.27. The fourth-order valence-electron chi connectivity index (χ4n) is 3.34. The van der Waals surface area contributed by atoms with Gasteiger partial charge >= 0.3 is 0 Å². The molecule has 0 aliphatic carbocycles. The van der Waals surface area contributed by atoms with Crippen molar-refractivity contribution in [2.75, 3.05) is 11.1 Å². The van der Waals surface area contributed by atoms with E-state index in [1.807, 2.05) is 49.6 Å². The Bertz CT molecular complexity index is 1160. The average Bonchev–Trinajstić information content (AvgIpc) is 3.21. The molecule has 0 bridgehead atoms. The molecule has 2 amide bonds. The van der Waals surface area contributed by atoms with Crippen molar-refractivity contribution < 1.29 is 9.59 Å². The van der Waals surface area contributed by atoms with Crippen LogP contribution >= 0.6 is 23.4 Å². The minimum absolute atomic E-state index is 0.0624. The number of hydrogen-bond donors (Lipinski definition) is 2. The molecule has 0 saturated carbocycles. The lowest BCUT2D eigenvalue weighted by atomic mass is 10.0. The molecular formula is C25H28ClN5O2S. The van der Waals surface area contributed by atoms with Gasteiger partial charge in [-0.1, -0.05) is 67.6 Å². The SMILES string of the molecule is C=CCn1c(SCC(=O)Nc2cccc(Cl)c2C)nnc1[C@@H](NC(=O)c1ccccc1)C(C)C. The molecule has 0 aliphatic heterocycles. The van der Waals surface area contributed by atoms with Gasteiger partial charge in [0, 0.05) is 22.8 Å². The van der Waals surface area contributed by atoms with Gasteiger partial charge < -0.3 is 15.2 Å². The molecule has 0 fully saturated rings. The Hall–Kier alpha value is -3.10. The van der Waals surface area contributed by atoms with E-state index in [1.165, 1.54) is 11.8 Å². The molecule has 1 heterocycles. The summed E-state index contributed by atoms with van der Waals surface area (Å²) in [5, 5.41) is 15.8. The van der Waals surface area contributed by atoms with Gasteiger partial charge in [0.15, 0.2) is 11.0 Å². The Kier molecular flexibility index (Phi) is 8.90. The number of halogens is 1. The van der Waals surface area contributed by atoms with Crippen molar-refractivity contribution in [2.45, 2.75) is 38.5 Å². The molecular weight excluding hydrogens is 470 g/mol. The maximum Gasteiger partial charge on any atom is 0.251 e. The Morgan fingerprint density at radius 2 is 1.88 bits per heavy atom. The van der Waals surface area contributed by atoms with Gasteiger partial charge in [0.2, 0.25) is 5.91 Å². The first-order valence-electron chi connectivity index (χ1n) is 10.9. The molecule has 1 aromatic heterocycles. The normalized spacial score (nSPS) is 11.8. The number of carbonyl (C=O) groups excluding carboxylic acids is 2. The zero-order chi connectivity index (χ0) is 24.7. The summed E-state index contributed by atoms with van der Waals surface area (Å²) >= 11 is 7.41. The van der Waals surface area contributed by atoms with Crippen molar-refractivity contribution in [3.8, 4) is 0 Å². The second kappa shape index (κ2) is 11.9. The van der Waals surface area contributed by atoms with Crippen LogP contribution in [0.4, 0.5) is 5.69 Å². The molecule has 0 spiro atoms. The summed E-state index contributed by atoms with van der Waals surface area (Å²) in [6.07, 6.45) is 1.74. The topological polar surface area (TPSA) is 88.9 Å². The lowest BCUT2D eigenvalue weighted by Gasteiger charge is -2.22. The molecule has 0 radical (unpaired) electrons. The standard InChI is InChI=1S/C25H28ClN5O2S/c1-5-14-31-23(22(16(2)3)28-24(33)18-10-7-6-8-11-18)29-30-25(31)34-15-21(32)27-20-13-9-12-19(26)17(20)4/h5-13,16,22H,1,14-15H2,2-4H3,(H,27,32)(H,28,33)/t22-/m0/s1. The lowest BCUT2D eigenvalue weighted by molar-refractivity contribution is -0.113. The summed E-state index contributed by atoms with van der Waals surface area (Å²) in [6.45, 7) is 10.2. The van der Waals surface area contributed by atoms with Crippen LogP contribution in [0.25, 0.3) is 0 Å². The van der Waals surface area contributed by atoms with Crippen LogP contribution < -0.4 is 10.6 Å². The molecule has 34 heavy (non-hydrogen) atoms.